The Labute approximate surface area is 94.8 Å². The Balaban J connectivity index is 3.13. The molecule has 1 amide bonds. The van der Waals surface area contributed by atoms with E-state index in [9.17, 15) is 13.6 Å². The molecule has 0 radical (unpaired) electrons. The topological polar surface area (TPSA) is 29.1 Å². The lowest BCUT2D eigenvalue weighted by atomic mass is 10.2. The Morgan fingerprint density at radius 2 is 1.87 bits per heavy atom. The van der Waals surface area contributed by atoms with Gasteiger partial charge in [-0.15, -0.1) is 0 Å². The summed E-state index contributed by atoms with van der Waals surface area (Å²) in [6, 6.07) is 1.76. The molecule has 5 heteroatoms. The van der Waals surface area contributed by atoms with Crippen molar-refractivity contribution >= 4 is 21.8 Å². The lowest BCUT2D eigenvalue weighted by Gasteiger charge is -2.10. The van der Waals surface area contributed by atoms with Crippen LogP contribution in [0, 0.1) is 11.6 Å². The molecule has 0 saturated carbocycles. The minimum absolute atomic E-state index is 0.132. The first-order chi connectivity index (χ1) is 6.93. The molecule has 0 saturated heterocycles. The Hall–Kier alpha value is -0.970. The minimum atomic E-state index is -0.749. The second-order valence-electron chi connectivity index (χ2n) is 3.35. The summed E-state index contributed by atoms with van der Waals surface area (Å²) in [7, 11) is 0. The van der Waals surface area contributed by atoms with E-state index in [0.29, 0.717) is 0 Å². The van der Waals surface area contributed by atoms with Gasteiger partial charge in [-0.2, -0.15) is 0 Å². The minimum Gasteiger partial charge on any atom is -0.350 e. The summed E-state index contributed by atoms with van der Waals surface area (Å²) in [6.07, 6.45) is 0. The summed E-state index contributed by atoms with van der Waals surface area (Å²) in [6.45, 7) is 3.48. The molecule has 0 heterocycles. The predicted molar refractivity (Wildman–Crippen MR) is 56.7 cm³/mol. The van der Waals surface area contributed by atoms with E-state index in [-0.39, 0.29) is 16.1 Å². The molecule has 0 aliphatic rings. The number of hydrogen-bond acceptors (Lipinski definition) is 1. The van der Waals surface area contributed by atoms with Crippen LogP contribution in [0.25, 0.3) is 0 Å². The van der Waals surface area contributed by atoms with Crippen LogP contribution in [0.1, 0.15) is 24.2 Å². The van der Waals surface area contributed by atoms with Gasteiger partial charge in [-0.1, -0.05) is 0 Å². The summed E-state index contributed by atoms with van der Waals surface area (Å²) in [4.78, 5) is 11.5. The maximum Gasteiger partial charge on any atom is 0.255 e. The van der Waals surface area contributed by atoms with Gasteiger partial charge in [0.25, 0.3) is 5.91 Å². The van der Waals surface area contributed by atoms with E-state index in [2.05, 4.69) is 21.2 Å². The molecule has 15 heavy (non-hydrogen) atoms. The molecule has 1 aromatic carbocycles. The number of carbonyl (C=O) groups is 1. The SMILES string of the molecule is CC(C)NC(=O)c1c(F)ccc(F)c1Br. The van der Waals surface area contributed by atoms with Gasteiger partial charge in [-0.25, -0.2) is 8.78 Å². The zero-order valence-electron chi connectivity index (χ0n) is 8.27. The fraction of sp³-hybridized carbons (Fsp3) is 0.300. The van der Waals surface area contributed by atoms with E-state index < -0.39 is 17.5 Å². The zero-order chi connectivity index (χ0) is 11.6. The van der Waals surface area contributed by atoms with Crippen LogP contribution in [-0.2, 0) is 0 Å². The number of hydrogen-bond donors (Lipinski definition) is 1. The van der Waals surface area contributed by atoms with Crippen molar-refractivity contribution in [2.24, 2.45) is 0 Å². The normalized spacial score (nSPS) is 10.5. The fourth-order valence-corrected chi connectivity index (χ4v) is 1.57. The zero-order valence-corrected chi connectivity index (χ0v) is 9.86. The van der Waals surface area contributed by atoms with Crippen molar-refractivity contribution < 1.29 is 13.6 Å². The van der Waals surface area contributed by atoms with Crippen molar-refractivity contribution in [3.8, 4) is 0 Å². The maximum atomic E-state index is 13.3. The van der Waals surface area contributed by atoms with Crippen LogP contribution >= 0.6 is 15.9 Å². The average Bonchev–Trinajstić information content (AvgIpc) is 2.11. The van der Waals surface area contributed by atoms with Crippen LogP contribution < -0.4 is 5.32 Å². The van der Waals surface area contributed by atoms with Gasteiger partial charge in [-0.3, -0.25) is 4.79 Å². The van der Waals surface area contributed by atoms with Gasteiger partial charge in [0.15, 0.2) is 0 Å². The molecule has 0 aliphatic carbocycles. The first-order valence-electron chi connectivity index (χ1n) is 4.38. The standard InChI is InChI=1S/C10H10BrF2NO/c1-5(2)14-10(15)8-6(12)3-4-7(13)9(8)11/h3-5H,1-2H3,(H,14,15). The molecule has 0 spiro atoms. The van der Waals surface area contributed by atoms with E-state index in [0.717, 1.165) is 12.1 Å². The Bertz CT molecular complexity index is 393. The average molecular weight is 278 g/mol. The summed E-state index contributed by atoms with van der Waals surface area (Å²) in [5.41, 5.74) is -0.302. The van der Waals surface area contributed by atoms with E-state index >= 15 is 0 Å². The largest absolute Gasteiger partial charge is 0.350 e. The molecule has 0 fully saturated rings. The molecule has 0 aliphatic heterocycles. The molecule has 1 N–H and O–H groups in total. The number of halogens is 3. The highest BCUT2D eigenvalue weighted by Crippen LogP contribution is 2.23. The lowest BCUT2D eigenvalue weighted by Crippen LogP contribution is -2.31. The van der Waals surface area contributed by atoms with Gasteiger partial charge >= 0.3 is 0 Å². The maximum absolute atomic E-state index is 13.3. The number of carbonyl (C=O) groups excluding carboxylic acids is 1. The van der Waals surface area contributed by atoms with E-state index in [4.69, 9.17) is 0 Å². The summed E-state index contributed by atoms with van der Waals surface area (Å²) < 4.78 is 26.2. The van der Waals surface area contributed by atoms with E-state index in [1.165, 1.54) is 0 Å². The molecule has 0 aromatic heterocycles. The van der Waals surface area contributed by atoms with Crippen molar-refractivity contribution in [3.63, 3.8) is 0 Å². The number of rotatable bonds is 2. The van der Waals surface area contributed by atoms with Crippen molar-refractivity contribution in [3.05, 3.63) is 33.8 Å². The molecule has 0 atom stereocenters. The first-order valence-corrected chi connectivity index (χ1v) is 5.17. The fourth-order valence-electron chi connectivity index (χ4n) is 1.07. The van der Waals surface area contributed by atoms with Crippen molar-refractivity contribution in [1.29, 1.82) is 0 Å². The second kappa shape index (κ2) is 4.70. The first kappa shape index (κ1) is 12.1. The van der Waals surface area contributed by atoms with Crippen LogP contribution in [0.5, 0.6) is 0 Å². The quantitative estimate of drug-likeness (QED) is 0.828. The molecule has 0 unspecified atom stereocenters. The highest BCUT2D eigenvalue weighted by Gasteiger charge is 2.18. The van der Waals surface area contributed by atoms with Gasteiger partial charge in [0, 0.05) is 6.04 Å². The van der Waals surface area contributed by atoms with Crippen molar-refractivity contribution in [2.75, 3.05) is 0 Å². The number of benzene rings is 1. The molecule has 1 aromatic rings. The van der Waals surface area contributed by atoms with Gasteiger partial charge < -0.3 is 5.32 Å². The Morgan fingerprint density at radius 1 is 1.33 bits per heavy atom. The van der Waals surface area contributed by atoms with Crippen LogP contribution in [0.2, 0.25) is 0 Å². The van der Waals surface area contributed by atoms with Crippen molar-refractivity contribution in [1.82, 2.24) is 5.32 Å². The highest BCUT2D eigenvalue weighted by atomic mass is 79.9. The van der Waals surface area contributed by atoms with Crippen LogP contribution in [-0.4, -0.2) is 11.9 Å². The summed E-state index contributed by atoms with van der Waals surface area (Å²) in [5.74, 6) is -2.04. The summed E-state index contributed by atoms with van der Waals surface area (Å²) >= 11 is 2.85. The van der Waals surface area contributed by atoms with Gasteiger partial charge in [0.05, 0.1) is 10.0 Å². The van der Waals surface area contributed by atoms with Crippen LogP contribution in [0.4, 0.5) is 8.78 Å². The van der Waals surface area contributed by atoms with E-state index in [1.54, 1.807) is 13.8 Å². The lowest BCUT2D eigenvalue weighted by molar-refractivity contribution is 0.0937. The van der Waals surface area contributed by atoms with Gasteiger partial charge in [0.1, 0.15) is 11.6 Å². The number of amides is 1. The Kier molecular flexibility index (Phi) is 3.79. The van der Waals surface area contributed by atoms with Gasteiger partial charge in [-0.05, 0) is 41.9 Å². The third-order valence-electron chi connectivity index (χ3n) is 1.69. The monoisotopic (exact) mass is 277 g/mol. The van der Waals surface area contributed by atoms with Gasteiger partial charge in [0.2, 0.25) is 0 Å². The smallest absolute Gasteiger partial charge is 0.255 e. The predicted octanol–water partition coefficient (Wildman–Crippen LogP) is 2.87. The molecular formula is C10H10BrF2NO. The molecular weight excluding hydrogens is 268 g/mol. The molecule has 0 bridgehead atoms. The Morgan fingerprint density at radius 3 is 2.40 bits per heavy atom. The number of nitrogens with one attached hydrogen (secondary N) is 1. The molecule has 82 valence electrons. The van der Waals surface area contributed by atoms with Crippen LogP contribution in [0.15, 0.2) is 16.6 Å². The molecule has 1 rings (SSSR count). The second-order valence-corrected chi connectivity index (χ2v) is 4.14. The third kappa shape index (κ3) is 2.75. The molecule has 2 nitrogen and oxygen atoms in total. The third-order valence-corrected chi connectivity index (χ3v) is 2.47. The highest BCUT2D eigenvalue weighted by molar-refractivity contribution is 9.10. The summed E-state index contributed by atoms with van der Waals surface area (Å²) in [5, 5.41) is 2.49. The van der Waals surface area contributed by atoms with E-state index in [1.807, 2.05) is 0 Å². The van der Waals surface area contributed by atoms with Crippen LogP contribution in [0.3, 0.4) is 0 Å². The van der Waals surface area contributed by atoms with Crippen molar-refractivity contribution in [2.45, 2.75) is 19.9 Å².